The number of rotatable bonds is 6. The third kappa shape index (κ3) is 4.00. The summed E-state index contributed by atoms with van der Waals surface area (Å²) in [6, 6.07) is 16.6. The number of carbonyl (C=O) groups is 4. The molecule has 0 spiro atoms. The lowest BCUT2D eigenvalue weighted by atomic mass is 9.73. The first kappa shape index (κ1) is 22.9. The third-order valence-corrected chi connectivity index (χ3v) is 7.26. The van der Waals surface area contributed by atoms with Gasteiger partial charge in [0.2, 0.25) is 23.6 Å². The number of likely N-dealkylation sites (tertiary alicyclic amines) is 1. The summed E-state index contributed by atoms with van der Waals surface area (Å²) in [6.07, 6.45) is 0.562. The summed E-state index contributed by atoms with van der Waals surface area (Å²) < 4.78 is 6.22. The van der Waals surface area contributed by atoms with E-state index in [1.165, 1.54) is 4.90 Å². The van der Waals surface area contributed by atoms with Crippen molar-refractivity contribution in [1.82, 2.24) is 10.2 Å². The lowest BCUT2D eigenvalue weighted by Crippen LogP contribution is -2.65. The molecule has 4 amide bonds. The van der Waals surface area contributed by atoms with Gasteiger partial charge in [0.15, 0.2) is 5.72 Å². The predicted molar refractivity (Wildman–Crippen MR) is 127 cm³/mol. The van der Waals surface area contributed by atoms with Gasteiger partial charge in [0.05, 0.1) is 5.92 Å². The minimum absolute atomic E-state index is 0.0975. The highest BCUT2D eigenvalue weighted by atomic mass is 16.5. The fourth-order valence-electron chi connectivity index (χ4n) is 5.55. The van der Waals surface area contributed by atoms with Gasteiger partial charge in [-0.2, -0.15) is 0 Å². The van der Waals surface area contributed by atoms with Crippen molar-refractivity contribution in [3.63, 3.8) is 0 Å². The van der Waals surface area contributed by atoms with Gasteiger partial charge in [-0.1, -0.05) is 36.4 Å². The van der Waals surface area contributed by atoms with E-state index < -0.39 is 29.4 Å². The van der Waals surface area contributed by atoms with Gasteiger partial charge < -0.3 is 25.6 Å². The average molecular weight is 477 g/mol. The Morgan fingerprint density at radius 3 is 2.57 bits per heavy atom. The molecule has 3 aliphatic rings. The number of para-hydroxylation sites is 2. The van der Waals surface area contributed by atoms with Gasteiger partial charge in [-0.25, -0.2) is 0 Å². The number of carbonyl (C=O) groups excluding carboxylic acids is 4. The van der Waals surface area contributed by atoms with Crippen LogP contribution in [-0.4, -0.2) is 53.9 Å². The fraction of sp³-hybridized carbons (Fsp3) is 0.385. The van der Waals surface area contributed by atoms with E-state index in [2.05, 4.69) is 5.32 Å². The number of nitrogens with zero attached hydrogens (tertiary/aromatic N) is 2. The molecule has 182 valence electrons. The van der Waals surface area contributed by atoms with E-state index in [-0.39, 0.29) is 37.2 Å². The SMILES string of the molecule is C[C@@]12C[C@@H](c3ccccc3O1)[C@H](C(N)=O)C(=O)N2CCNC(=O)[C@H]1CC(=O)N(c2ccccc2)C1. The summed E-state index contributed by atoms with van der Waals surface area (Å²) in [4.78, 5) is 54.0. The maximum absolute atomic E-state index is 13.4. The van der Waals surface area contributed by atoms with Crippen LogP contribution < -0.4 is 20.7 Å². The van der Waals surface area contributed by atoms with Gasteiger partial charge in [0, 0.05) is 44.1 Å². The number of hydrogen-bond donors (Lipinski definition) is 2. The molecule has 0 aliphatic carbocycles. The van der Waals surface area contributed by atoms with Crippen molar-refractivity contribution in [1.29, 1.82) is 0 Å². The Kier molecular flexibility index (Phi) is 5.70. The number of ether oxygens (including phenoxy) is 1. The highest BCUT2D eigenvalue weighted by Crippen LogP contribution is 2.49. The lowest BCUT2D eigenvalue weighted by molar-refractivity contribution is -0.175. The molecule has 0 saturated carbocycles. The molecule has 9 heteroatoms. The van der Waals surface area contributed by atoms with Gasteiger partial charge >= 0.3 is 0 Å². The average Bonchev–Trinajstić information content (AvgIpc) is 3.23. The van der Waals surface area contributed by atoms with Gasteiger partial charge in [0.1, 0.15) is 11.7 Å². The number of nitrogens with two attached hydrogens (primary N) is 1. The molecule has 0 unspecified atom stereocenters. The number of hydrogen-bond acceptors (Lipinski definition) is 5. The molecule has 3 heterocycles. The summed E-state index contributed by atoms with van der Waals surface area (Å²) in [5.74, 6) is -2.60. The molecule has 2 aromatic rings. The zero-order chi connectivity index (χ0) is 24.7. The van der Waals surface area contributed by atoms with E-state index in [1.807, 2.05) is 61.5 Å². The molecule has 2 fully saturated rings. The Balaban J connectivity index is 1.26. The van der Waals surface area contributed by atoms with Crippen molar-refractivity contribution in [2.75, 3.05) is 24.5 Å². The lowest BCUT2D eigenvalue weighted by Gasteiger charge is -2.52. The van der Waals surface area contributed by atoms with Crippen LogP contribution in [0.5, 0.6) is 5.75 Å². The number of amides is 4. The van der Waals surface area contributed by atoms with E-state index in [9.17, 15) is 19.2 Å². The maximum Gasteiger partial charge on any atom is 0.238 e. The van der Waals surface area contributed by atoms with Crippen LogP contribution in [0.1, 0.15) is 31.2 Å². The Morgan fingerprint density at radius 2 is 1.83 bits per heavy atom. The second kappa shape index (κ2) is 8.72. The molecular weight excluding hydrogens is 448 g/mol. The number of anilines is 1. The smallest absolute Gasteiger partial charge is 0.238 e. The monoisotopic (exact) mass is 476 g/mol. The third-order valence-electron chi connectivity index (χ3n) is 7.26. The fourth-order valence-corrected chi connectivity index (χ4v) is 5.55. The Morgan fingerprint density at radius 1 is 1.11 bits per heavy atom. The first-order chi connectivity index (χ1) is 16.8. The van der Waals surface area contributed by atoms with Crippen molar-refractivity contribution in [3.05, 3.63) is 60.2 Å². The van der Waals surface area contributed by atoms with E-state index in [0.29, 0.717) is 18.7 Å². The number of fused-ring (bicyclic) bond motifs is 4. The van der Waals surface area contributed by atoms with Gasteiger partial charge in [-0.05, 0) is 30.7 Å². The van der Waals surface area contributed by atoms with Crippen LogP contribution >= 0.6 is 0 Å². The van der Waals surface area contributed by atoms with E-state index in [4.69, 9.17) is 10.5 Å². The number of piperidine rings is 1. The summed E-state index contributed by atoms with van der Waals surface area (Å²) in [5, 5.41) is 2.86. The Hall–Kier alpha value is -3.88. The van der Waals surface area contributed by atoms with E-state index in [0.717, 1.165) is 11.3 Å². The quantitative estimate of drug-likeness (QED) is 0.610. The molecule has 9 nitrogen and oxygen atoms in total. The summed E-state index contributed by atoms with van der Waals surface area (Å²) >= 11 is 0. The molecule has 0 radical (unpaired) electrons. The molecule has 2 saturated heterocycles. The summed E-state index contributed by atoms with van der Waals surface area (Å²) in [5.41, 5.74) is 6.27. The van der Waals surface area contributed by atoms with Gasteiger partial charge in [-0.3, -0.25) is 19.2 Å². The van der Waals surface area contributed by atoms with Crippen molar-refractivity contribution in [2.45, 2.75) is 31.4 Å². The van der Waals surface area contributed by atoms with Crippen LogP contribution in [-0.2, 0) is 19.2 Å². The Labute approximate surface area is 203 Å². The second-order valence-corrected chi connectivity index (χ2v) is 9.53. The molecule has 3 aliphatic heterocycles. The molecular formula is C26H28N4O5. The van der Waals surface area contributed by atoms with Crippen molar-refractivity contribution < 1.29 is 23.9 Å². The molecule has 0 aromatic heterocycles. The van der Waals surface area contributed by atoms with Gasteiger partial charge in [0.25, 0.3) is 0 Å². The molecule has 2 aromatic carbocycles. The Bertz CT molecular complexity index is 1190. The number of benzene rings is 2. The standard InChI is InChI=1S/C26H28N4O5/c1-26-14-19(18-9-5-6-10-20(18)35-26)22(23(27)32)25(34)30(26)12-11-28-24(33)16-13-21(31)29(15-16)17-7-3-2-4-8-17/h2-10,16,19,22H,11-15H2,1H3,(H2,27,32)(H,28,33)/t16-,19-,22+,26-/m0/s1. The first-order valence-electron chi connectivity index (χ1n) is 11.8. The zero-order valence-electron chi connectivity index (χ0n) is 19.5. The highest BCUT2D eigenvalue weighted by molar-refractivity contribution is 6.02. The van der Waals surface area contributed by atoms with Crippen LogP contribution in [0.25, 0.3) is 0 Å². The highest BCUT2D eigenvalue weighted by Gasteiger charge is 2.55. The molecule has 5 rings (SSSR count). The largest absolute Gasteiger partial charge is 0.468 e. The van der Waals surface area contributed by atoms with Crippen molar-refractivity contribution >= 4 is 29.3 Å². The van der Waals surface area contributed by atoms with Crippen LogP contribution in [0.4, 0.5) is 5.69 Å². The molecule has 4 atom stereocenters. The predicted octanol–water partition coefficient (Wildman–Crippen LogP) is 1.38. The van der Waals surface area contributed by atoms with Crippen LogP contribution in [0.2, 0.25) is 0 Å². The topological polar surface area (TPSA) is 122 Å². The van der Waals surface area contributed by atoms with Crippen LogP contribution in [0, 0.1) is 11.8 Å². The number of primary amides is 1. The van der Waals surface area contributed by atoms with Crippen molar-refractivity contribution in [3.8, 4) is 5.75 Å². The molecule has 35 heavy (non-hydrogen) atoms. The van der Waals surface area contributed by atoms with Crippen LogP contribution in [0.3, 0.4) is 0 Å². The normalized spacial score (nSPS) is 27.3. The second-order valence-electron chi connectivity index (χ2n) is 9.53. The minimum atomic E-state index is -0.990. The summed E-state index contributed by atoms with van der Waals surface area (Å²) in [6.45, 7) is 2.45. The van der Waals surface area contributed by atoms with E-state index >= 15 is 0 Å². The van der Waals surface area contributed by atoms with E-state index in [1.54, 1.807) is 4.90 Å². The zero-order valence-corrected chi connectivity index (χ0v) is 19.5. The van der Waals surface area contributed by atoms with Crippen molar-refractivity contribution in [2.24, 2.45) is 17.6 Å². The maximum atomic E-state index is 13.4. The number of nitrogens with one attached hydrogen (secondary N) is 1. The molecule has 3 N–H and O–H groups in total. The molecule has 2 bridgehead atoms. The van der Waals surface area contributed by atoms with Gasteiger partial charge in [-0.15, -0.1) is 0 Å². The first-order valence-corrected chi connectivity index (χ1v) is 11.8. The minimum Gasteiger partial charge on any atom is -0.468 e. The van der Waals surface area contributed by atoms with Crippen LogP contribution in [0.15, 0.2) is 54.6 Å². The summed E-state index contributed by atoms with van der Waals surface area (Å²) in [7, 11) is 0.